The number of nitro groups is 1. The van der Waals surface area contributed by atoms with Crippen molar-refractivity contribution in [2.24, 2.45) is 0 Å². The first-order valence-electron chi connectivity index (χ1n) is 4.72. The minimum atomic E-state index is -0.596. The first-order chi connectivity index (χ1) is 7.59. The second-order valence-electron chi connectivity index (χ2n) is 3.22. The van der Waals surface area contributed by atoms with E-state index >= 15 is 0 Å². The Kier molecular flexibility index (Phi) is 4.20. The smallest absolute Gasteiger partial charge is 0.250 e. The predicted molar refractivity (Wildman–Crippen MR) is 58.8 cm³/mol. The van der Waals surface area contributed by atoms with Crippen LogP contribution in [0.3, 0.4) is 0 Å². The van der Waals surface area contributed by atoms with E-state index in [1.165, 1.54) is 18.0 Å². The van der Waals surface area contributed by atoms with E-state index in [0.717, 1.165) is 11.8 Å². The lowest BCUT2D eigenvalue weighted by molar-refractivity contribution is -0.403. The molecule has 84 valence electrons. The van der Waals surface area contributed by atoms with Crippen LogP contribution >= 0.6 is 0 Å². The van der Waals surface area contributed by atoms with Crippen LogP contribution in [0.4, 0.5) is 0 Å². The predicted octanol–water partition coefficient (Wildman–Crippen LogP) is 1.78. The van der Waals surface area contributed by atoms with Crippen LogP contribution in [0.1, 0.15) is 12.5 Å². The molecule has 0 atom stereocenters. The summed E-state index contributed by atoms with van der Waals surface area (Å²) in [5, 5.41) is 10.2. The molecule has 0 N–H and O–H groups in total. The van der Waals surface area contributed by atoms with Gasteiger partial charge in [-0.05, 0) is 5.56 Å². The number of hydrogen-bond acceptors (Lipinski definition) is 3. The fourth-order valence-electron chi connectivity index (χ4n) is 1.18. The van der Waals surface area contributed by atoms with Crippen LogP contribution in [0.25, 0.3) is 0 Å². The van der Waals surface area contributed by atoms with Gasteiger partial charge >= 0.3 is 0 Å². The molecule has 0 spiro atoms. The van der Waals surface area contributed by atoms with Crippen LogP contribution < -0.4 is 0 Å². The molecule has 0 unspecified atom stereocenters. The Bertz CT molecular complexity index is 401. The van der Waals surface area contributed by atoms with Gasteiger partial charge in [0.1, 0.15) is 0 Å². The standard InChI is InChI=1S/C11H12N2O3/c1-10(14)12(7-8-13(15)16)9-11-5-3-2-4-6-11/h2-8H,9H2,1H3. The SMILES string of the molecule is CC(=O)N(C=C[N+](=O)[O-])Cc1ccccc1. The summed E-state index contributed by atoms with van der Waals surface area (Å²) in [7, 11) is 0. The molecule has 0 bridgehead atoms. The molecule has 0 radical (unpaired) electrons. The van der Waals surface area contributed by atoms with E-state index in [-0.39, 0.29) is 5.91 Å². The average Bonchev–Trinajstić information content (AvgIpc) is 2.25. The summed E-state index contributed by atoms with van der Waals surface area (Å²) in [6.45, 7) is 1.70. The molecule has 1 aromatic rings. The molecule has 1 aromatic carbocycles. The van der Waals surface area contributed by atoms with Crippen LogP contribution in [0, 0.1) is 10.1 Å². The van der Waals surface area contributed by atoms with Gasteiger partial charge in [0.2, 0.25) is 5.91 Å². The Labute approximate surface area is 93.1 Å². The third kappa shape index (κ3) is 3.91. The summed E-state index contributed by atoms with van der Waals surface area (Å²) in [5.41, 5.74) is 0.922. The van der Waals surface area contributed by atoms with Gasteiger partial charge in [-0.2, -0.15) is 0 Å². The number of hydrogen-bond donors (Lipinski definition) is 0. The molecule has 0 heterocycles. The highest BCUT2D eigenvalue weighted by molar-refractivity contribution is 5.74. The third-order valence-corrected chi connectivity index (χ3v) is 1.97. The Morgan fingerprint density at radius 3 is 2.56 bits per heavy atom. The molecular weight excluding hydrogens is 208 g/mol. The fourth-order valence-corrected chi connectivity index (χ4v) is 1.18. The maximum Gasteiger partial charge on any atom is 0.250 e. The minimum Gasteiger partial charge on any atom is -0.309 e. The van der Waals surface area contributed by atoms with E-state index < -0.39 is 4.92 Å². The molecule has 1 rings (SSSR count). The molecule has 1 amide bonds. The maximum absolute atomic E-state index is 11.2. The summed E-state index contributed by atoms with van der Waals surface area (Å²) in [4.78, 5) is 22.1. The number of rotatable bonds is 4. The van der Waals surface area contributed by atoms with Gasteiger partial charge in [0.15, 0.2) is 0 Å². The lowest BCUT2D eigenvalue weighted by atomic mass is 10.2. The molecule has 0 aliphatic carbocycles. The second-order valence-corrected chi connectivity index (χ2v) is 3.22. The largest absolute Gasteiger partial charge is 0.309 e. The molecule has 0 saturated heterocycles. The van der Waals surface area contributed by atoms with Gasteiger partial charge in [-0.1, -0.05) is 30.3 Å². The monoisotopic (exact) mass is 220 g/mol. The highest BCUT2D eigenvalue weighted by Gasteiger charge is 2.06. The van der Waals surface area contributed by atoms with Gasteiger partial charge in [-0.15, -0.1) is 0 Å². The summed E-state index contributed by atoms with van der Waals surface area (Å²) in [6.07, 6.45) is 1.93. The van der Waals surface area contributed by atoms with Crippen molar-refractivity contribution in [1.82, 2.24) is 4.90 Å². The summed E-state index contributed by atoms with van der Waals surface area (Å²) in [5.74, 6) is -0.234. The Balaban J connectivity index is 2.73. The van der Waals surface area contributed by atoms with Crippen molar-refractivity contribution < 1.29 is 9.72 Å². The highest BCUT2D eigenvalue weighted by Crippen LogP contribution is 2.05. The number of amides is 1. The maximum atomic E-state index is 11.2. The summed E-state index contributed by atoms with van der Waals surface area (Å²) in [6, 6.07) is 9.29. The van der Waals surface area contributed by atoms with E-state index in [1.807, 2.05) is 30.3 Å². The van der Waals surface area contributed by atoms with Gasteiger partial charge in [0.25, 0.3) is 6.20 Å². The van der Waals surface area contributed by atoms with Crippen molar-refractivity contribution in [3.05, 3.63) is 58.4 Å². The first-order valence-corrected chi connectivity index (χ1v) is 4.72. The van der Waals surface area contributed by atoms with Gasteiger partial charge in [0.05, 0.1) is 17.7 Å². The topological polar surface area (TPSA) is 63.5 Å². The van der Waals surface area contributed by atoms with Gasteiger partial charge in [0, 0.05) is 6.92 Å². The average molecular weight is 220 g/mol. The zero-order valence-electron chi connectivity index (χ0n) is 8.87. The van der Waals surface area contributed by atoms with Gasteiger partial charge < -0.3 is 4.90 Å². The highest BCUT2D eigenvalue weighted by atomic mass is 16.6. The molecule has 0 saturated carbocycles. The zero-order valence-corrected chi connectivity index (χ0v) is 8.87. The van der Waals surface area contributed by atoms with E-state index in [0.29, 0.717) is 6.54 Å². The minimum absolute atomic E-state index is 0.234. The molecule has 0 aliphatic rings. The van der Waals surface area contributed by atoms with Crippen molar-refractivity contribution in [3.63, 3.8) is 0 Å². The first kappa shape index (κ1) is 11.9. The molecule has 5 nitrogen and oxygen atoms in total. The number of benzene rings is 1. The van der Waals surface area contributed by atoms with E-state index in [4.69, 9.17) is 0 Å². The van der Waals surface area contributed by atoms with Crippen molar-refractivity contribution in [2.45, 2.75) is 13.5 Å². The number of carbonyl (C=O) groups excluding carboxylic acids is 1. The summed E-state index contributed by atoms with van der Waals surface area (Å²) >= 11 is 0. The molecular formula is C11H12N2O3. The normalized spacial score (nSPS) is 10.3. The third-order valence-electron chi connectivity index (χ3n) is 1.97. The van der Waals surface area contributed by atoms with E-state index in [2.05, 4.69) is 0 Å². The Morgan fingerprint density at radius 1 is 1.44 bits per heavy atom. The van der Waals surface area contributed by atoms with Crippen LogP contribution in [0.15, 0.2) is 42.7 Å². The van der Waals surface area contributed by atoms with Crippen molar-refractivity contribution in [1.29, 1.82) is 0 Å². The second kappa shape index (κ2) is 5.65. The molecule has 16 heavy (non-hydrogen) atoms. The van der Waals surface area contributed by atoms with Crippen LogP contribution in [-0.4, -0.2) is 15.7 Å². The zero-order chi connectivity index (χ0) is 12.0. The van der Waals surface area contributed by atoms with Gasteiger partial charge in [-0.25, -0.2) is 0 Å². The molecule has 0 aromatic heterocycles. The van der Waals surface area contributed by atoms with Gasteiger partial charge in [-0.3, -0.25) is 14.9 Å². The van der Waals surface area contributed by atoms with Crippen LogP contribution in [-0.2, 0) is 11.3 Å². The van der Waals surface area contributed by atoms with E-state index in [1.54, 1.807) is 0 Å². The number of nitrogens with zero attached hydrogens (tertiary/aromatic N) is 2. The van der Waals surface area contributed by atoms with E-state index in [9.17, 15) is 14.9 Å². The van der Waals surface area contributed by atoms with Crippen LogP contribution in [0.2, 0.25) is 0 Å². The van der Waals surface area contributed by atoms with Crippen LogP contribution in [0.5, 0.6) is 0 Å². The molecule has 0 fully saturated rings. The fraction of sp³-hybridized carbons (Fsp3) is 0.182. The molecule has 0 aliphatic heterocycles. The lowest BCUT2D eigenvalue weighted by Gasteiger charge is -2.14. The number of carbonyl (C=O) groups is 1. The Hall–Kier alpha value is -2.17. The Morgan fingerprint density at radius 2 is 2.06 bits per heavy atom. The van der Waals surface area contributed by atoms with Crippen molar-refractivity contribution >= 4 is 5.91 Å². The lowest BCUT2D eigenvalue weighted by Crippen LogP contribution is -2.22. The quantitative estimate of drug-likeness (QED) is 0.574. The van der Waals surface area contributed by atoms with Crippen molar-refractivity contribution in [3.8, 4) is 0 Å². The summed E-state index contributed by atoms with van der Waals surface area (Å²) < 4.78 is 0. The molecule has 5 heteroatoms. The van der Waals surface area contributed by atoms with Crippen molar-refractivity contribution in [2.75, 3.05) is 0 Å².